The summed E-state index contributed by atoms with van der Waals surface area (Å²) in [6, 6.07) is 0. The number of unbranched alkanes of at least 4 members (excludes halogenated alkanes) is 1. The second-order valence-electron chi connectivity index (χ2n) is 3.06. The summed E-state index contributed by atoms with van der Waals surface area (Å²) in [6.07, 6.45) is 6.25. The van der Waals surface area contributed by atoms with Crippen LogP contribution in [-0.2, 0) is 4.79 Å². The summed E-state index contributed by atoms with van der Waals surface area (Å²) in [6.45, 7) is 2.95. The highest BCUT2D eigenvalue weighted by Gasteiger charge is 2.05. The lowest BCUT2D eigenvalue weighted by atomic mass is 10.3. The third kappa shape index (κ3) is 4.18. The number of allylic oxidation sites excluding steroid dienone is 2. The van der Waals surface area contributed by atoms with Crippen molar-refractivity contribution >= 4 is 16.8 Å². The van der Waals surface area contributed by atoms with Crippen LogP contribution in [0.25, 0.3) is 0 Å². The largest absolute Gasteiger partial charge is 0.355 e. The van der Waals surface area contributed by atoms with Crippen molar-refractivity contribution in [3.63, 3.8) is 0 Å². The minimum atomic E-state index is -0.278. The van der Waals surface area contributed by atoms with Crippen LogP contribution >= 0.6 is 10.9 Å². The molecular weight excluding hydrogens is 182 g/mol. The number of hydrogen-bond donors (Lipinski definition) is 2. The molecule has 0 aromatic rings. The van der Waals surface area contributed by atoms with Gasteiger partial charge in [-0.3, -0.25) is 4.79 Å². The van der Waals surface area contributed by atoms with Crippen LogP contribution in [0.2, 0.25) is 0 Å². The monoisotopic (exact) mass is 199 g/mol. The van der Waals surface area contributed by atoms with Gasteiger partial charge in [0.1, 0.15) is 0 Å². The van der Waals surface area contributed by atoms with Gasteiger partial charge >= 0.3 is 0 Å². The Morgan fingerprint density at radius 1 is 1.38 bits per heavy atom. The number of nitrogens with one attached hydrogen (secondary N) is 1. The first-order valence-electron chi connectivity index (χ1n) is 4.70. The van der Waals surface area contributed by atoms with Crippen molar-refractivity contribution < 1.29 is 4.79 Å². The van der Waals surface area contributed by atoms with Gasteiger partial charge in [-0.25, -0.2) is 10.9 Å². The van der Waals surface area contributed by atoms with Gasteiger partial charge in [-0.2, -0.15) is 0 Å². The van der Waals surface area contributed by atoms with Crippen LogP contribution in [0.3, 0.4) is 0 Å². The SMILES string of the molecule is CCCCNC(=O)C[SH]1C=CC=C1. The van der Waals surface area contributed by atoms with Crippen molar-refractivity contribution in [2.75, 3.05) is 12.3 Å². The maximum absolute atomic E-state index is 11.3. The summed E-state index contributed by atoms with van der Waals surface area (Å²) in [4.78, 5) is 11.3. The molecule has 1 heterocycles. The summed E-state index contributed by atoms with van der Waals surface area (Å²) >= 11 is 0. The van der Waals surface area contributed by atoms with E-state index in [4.69, 9.17) is 0 Å². The quantitative estimate of drug-likeness (QED) is 0.514. The highest BCUT2D eigenvalue weighted by Crippen LogP contribution is 2.31. The van der Waals surface area contributed by atoms with Gasteiger partial charge in [0, 0.05) is 6.54 Å². The van der Waals surface area contributed by atoms with E-state index in [1.165, 1.54) is 0 Å². The smallest absolute Gasteiger partial charge is 0.228 e. The Morgan fingerprint density at radius 2 is 2.08 bits per heavy atom. The molecule has 0 aromatic carbocycles. The van der Waals surface area contributed by atoms with Crippen molar-refractivity contribution in [3.05, 3.63) is 23.0 Å². The van der Waals surface area contributed by atoms with Crippen LogP contribution in [-0.4, -0.2) is 18.2 Å². The summed E-state index contributed by atoms with van der Waals surface area (Å²) in [5.41, 5.74) is 0. The molecule has 0 saturated heterocycles. The van der Waals surface area contributed by atoms with E-state index in [0.717, 1.165) is 19.4 Å². The van der Waals surface area contributed by atoms with E-state index in [9.17, 15) is 4.79 Å². The number of thiol groups is 1. The van der Waals surface area contributed by atoms with Crippen molar-refractivity contribution in [3.8, 4) is 0 Å². The molecule has 0 aromatic heterocycles. The minimum absolute atomic E-state index is 0.191. The Bertz CT molecular complexity index is 211. The first-order valence-corrected chi connectivity index (χ1v) is 6.37. The molecule has 1 amide bonds. The molecule has 0 spiro atoms. The summed E-state index contributed by atoms with van der Waals surface area (Å²) in [7, 11) is -0.278. The predicted octanol–water partition coefficient (Wildman–Crippen LogP) is 1.94. The summed E-state index contributed by atoms with van der Waals surface area (Å²) in [5.74, 6) is 0.849. The normalized spacial score (nSPS) is 16.5. The first-order chi connectivity index (χ1) is 6.33. The Labute approximate surface area is 82.4 Å². The molecule has 1 aliphatic heterocycles. The first kappa shape index (κ1) is 10.4. The molecule has 0 atom stereocenters. The third-order valence-corrected chi connectivity index (χ3v) is 3.61. The van der Waals surface area contributed by atoms with Gasteiger partial charge in [0.25, 0.3) is 0 Å². The van der Waals surface area contributed by atoms with Crippen LogP contribution in [0.15, 0.2) is 23.0 Å². The summed E-state index contributed by atoms with van der Waals surface area (Å²) in [5, 5.41) is 7.16. The lowest BCUT2D eigenvalue weighted by Crippen LogP contribution is -2.26. The molecule has 1 N–H and O–H groups in total. The average Bonchev–Trinajstić information content (AvgIpc) is 2.57. The number of amides is 1. The van der Waals surface area contributed by atoms with Gasteiger partial charge in [-0.05, 0) is 17.2 Å². The molecular formula is C10H17NOS. The van der Waals surface area contributed by atoms with Gasteiger partial charge in [-0.15, -0.1) is 0 Å². The topological polar surface area (TPSA) is 29.1 Å². The number of carbonyl (C=O) groups excluding carboxylic acids is 1. The van der Waals surface area contributed by atoms with Crippen molar-refractivity contribution in [2.24, 2.45) is 0 Å². The molecule has 74 valence electrons. The van der Waals surface area contributed by atoms with Gasteiger partial charge in [0.15, 0.2) is 0 Å². The summed E-state index contributed by atoms with van der Waals surface area (Å²) < 4.78 is 0. The molecule has 0 aliphatic carbocycles. The average molecular weight is 199 g/mol. The lowest BCUT2D eigenvalue weighted by molar-refractivity contribution is -0.118. The zero-order valence-electron chi connectivity index (χ0n) is 7.99. The fourth-order valence-electron chi connectivity index (χ4n) is 1.10. The number of hydrogen-bond acceptors (Lipinski definition) is 1. The van der Waals surface area contributed by atoms with Gasteiger partial charge in [0.05, 0.1) is 5.75 Å². The number of carbonyl (C=O) groups is 1. The van der Waals surface area contributed by atoms with Crippen LogP contribution < -0.4 is 5.32 Å². The van der Waals surface area contributed by atoms with E-state index >= 15 is 0 Å². The molecule has 2 nitrogen and oxygen atoms in total. The van der Waals surface area contributed by atoms with E-state index < -0.39 is 0 Å². The van der Waals surface area contributed by atoms with E-state index in [1.54, 1.807) is 0 Å². The molecule has 0 radical (unpaired) electrons. The van der Waals surface area contributed by atoms with Crippen molar-refractivity contribution in [1.29, 1.82) is 0 Å². The van der Waals surface area contributed by atoms with E-state index in [-0.39, 0.29) is 16.8 Å². The van der Waals surface area contributed by atoms with Crippen LogP contribution in [0.4, 0.5) is 0 Å². The minimum Gasteiger partial charge on any atom is -0.355 e. The Balaban J connectivity index is 2.10. The standard InChI is InChI=1S/C10H17NOS/c1-2-3-6-11-10(12)9-13-7-4-5-8-13/h4-5,7-8,13H,2-3,6,9H2,1H3,(H,11,12). The molecule has 0 unspecified atom stereocenters. The molecule has 13 heavy (non-hydrogen) atoms. The highest BCUT2D eigenvalue weighted by molar-refractivity contribution is 8.22. The van der Waals surface area contributed by atoms with Crippen LogP contribution in [0.1, 0.15) is 19.8 Å². The third-order valence-electron chi connectivity index (χ3n) is 1.84. The zero-order valence-corrected chi connectivity index (χ0v) is 8.89. The Morgan fingerprint density at radius 3 is 2.69 bits per heavy atom. The van der Waals surface area contributed by atoms with Crippen LogP contribution in [0.5, 0.6) is 0 Å². The fraction of sp³-hybridized carbons (Fsp3) is 0.500. The van der Waals surface area contributed by atoms with Gasteiger partial charge in [-0.1, -0.05) is 25.5 Å². The lowest BCUT2D eigenvalue weighted by Gasteiger charge is -2.09. The molecule has 0 fully saturated rings. The van der Waals surface area contributed by atoms with Crippen LogP contribution in [0, 0.1) is 0 Å². The van der Waals surface area contributed by atoms with E-state index in [0.29, 0.717) is 5.75 Å². The molecule has 3 heteroatoms. The molecule has 1 rings (SSSR count). The number of rotatable bonds is 5. The molecule has 0 saturated carbocycles. The molecule has 1 aliphatic rings. The second kappa shape index (κ2) is 5.86. The highest BCUT2D eigenvalue weighted by atomic mass is 32.2. The van der Waals surface area contributed by atoms with Gasteiger partial charge in [0.2, 0.25) is 5.91 Å². The van der Waals surface area contributed by atoms with Crippen molar-refractivity contribution in [1.82, 2.24) is 5.32 Å². The maximum atomic E-state index is 11.3. The fourth-order valence-corrected chi connectivity index (χ4v) is 2.50. The van der Waals surface area contributed by atoms with Crippen molar-refractivity contribution in [2.45, 2.75) is 19.8 Å². The van der Waals surface area contributed by atoms with Gasteiger partial charge < -0.3 is 5.32 Å². The molecule has 0 bridgehead atoms. The zero-order chi connectivity index (χ0) is 9.52. The maximum Gasteiger partial charge on any atom is 0.228 e. The Hall–Kier alpha value is -0.700. The predicted molar refractivity (Wildman–Crippen MR) is 60.1 cm³/mol. The van der Waals surface area contributed by atoms with E-state index in [2.05, 4.69) is 23.1 Å². The van der Waals surface area contributed by atoms with E-state index in [1.807, 2.05) is 12.2 Å². The Kier molecular flexibility index (Phi) is 4.68. The second-order valence-corrected chi connectivity index (χ2v) is 5.00.